The molecule has 9 aromatic rings. The maximum absolute atomic E-state index is 16.2. The number of aromatic nitrogens is 3. The third-order valence-corrected chi connectivity index (χ3v) is 27.5. The van der Waals surface area contributed by atoms with Gasteiger partial charge >= 0.3 is 17.9 Å². The Balaban J connectivity index is 1.01. The number of rotatable bonds is 39. The zero-order chi connectivity index (χ0) is 106. The van der Waals surface area contributed by atoms with Gasteiger partial charge in [-0.1, -0.05) is 152 Å². The number of aliphatic carboxylic acids is 3. The number of aromatic hydroxyl groups is 2. The van der Waals surface area contributed by atoms with Crippen LogP contribution in [0.2, 0.25) is 0 Å². The molecule has 1 unspecified atom stereocenters. The third kappa shape index (κ3) is 33.3. The molecule has 16 atom stereocenters. The first-order valence-electron chi connectivity index (χ1n) is 48.3. The SMILES string of the molecule is CC[C@H](Cc1ccccc1)NC(=O)[C@H](CC(C)C)NC(=O)[C@H](Cc1c[nH]c2ccccc12)NC(=O)[C@@H]1CSSC[C@H](NC(=O)[C@H](Cc2c[nH]c3ccccc23)NC(=O)[C@@H](NC(=O)[C@@H]2CCCN2C(=O)CNC(=O)[C@H](C)NC(C)=O)C(C)O)C(=O)N[C@@H](CCC(=O)O)C(=O)N[C@@H](CC(=O)O)C(=O)N[C@@H](CC(=O)O)CN[C@@H](Cc2c[nH]c3ccccc23)C(=O)N[C@@H](Cc2ccc(O)cc2)C(=O)N[C@@H](Cc2ccc(O)cc2)C(=O)N1. The van der Waals surface area contributed by atoms with Crippen molar-refractivity contribution in [3.05, 3.63) is 204 Å². The Morgan fingerprint density at radius 3 is 1.51 bits per heavy atom. The second-order valence-corrected chi connectivity index (χ2v) is 39.4. The quantitative estimate of drug-likeness (QED) is 0.0244. The van der Waals surface area contributed by atoms with Crippen molar-refractivity contribution in [2.24, 2.45) is 5.92 Å². The Morgan fingerprint density at radius 1 is 0.463 bits per heavy atom. The van der Waals surface area contributed by atoms with Crippen LogP contribution in [0.4, 0.5) is 0 Å². The molecule has 3 aromatic heterocycles. The van der Waals surface area contributed by atoms with Crippen molar-refractivity contribution in [1.29, 1.82) is 0 Å². The van der Waals surface area contributed by atoms with E-state index in [1.54, 1.807) is 85.2 Å². The maximum atomic E-state index is 16.2. The van der Waals surface area contributed by atoms with Gasteiger partial charge in [0.25, 0.3) is 0 Å². The molecule has 0 bridgehead atoms. The first-order chi connectivity index (χ1) is 70.2. The predicted molar refractivity (Wildman–Crippen MR) is 543 cm³/mol. The average molecular weight is 2070 g/mol. The second kappa shape index (κ2) is 54.0. The summed E-state index contributed by atoms with van der Waals surface area (Å²) >= 11 is 0. The molecule has 0 aliphatic carbocycles. The van der Waals surface area contributed by atoms with Crippen LogP contribution in [0.25, 0.3) is 32.7 Å². The highest BCUT2D eigenvalue weighted by molar-refractivity contribution is 8.76. The molecule has 2 fully saturated rings. The Labute approximate surface area is 853 Å². The molecule has 0 spiro atoms. The lowest BCUT2D eigenvalue weighted by atomic mass is 9.99. The Morgan fingerprint density at radius 2 is 0.959 bits per heavy atom. The molecule has 0 saturated carbocycles. The number of carboxylic acids is 3. The number of fused-ring (bicyclic) bond motifs is 3. The smallest absolute Gasteiger partial charge is 0.305 e. The van der Waals surface area contributed by atoms with Crippen molar-refractivity contribution in [3.63, 3.8) is 0 Å². The van der Waals surface area contributed by atoms with Crippen molar-refractivity contribution in [2.75, 3.05) is 31.1 Å². The number of nitrogens with zero attached hydrogens (tertiary/aromatic N) is 1. The Kier molecular flexibility index (Phi) is 41.1. The van der Waals surface area contributed by atoms with Gasteiger partial charge in [0.2, 0.25) is 88.6 Å². The highest BCUT2D eigenvalue weighted by Crippen LogP contribution is 2.29. The summed E-state index contributed by atoms with van der Waals surface area (Å²) in [4.78, 5) is 273. The van der Waals surface area contributed by atoms with Crippen LogP contribution in [0.15, 0.2) is 170 Å². The fourth-order valence-corrected chi connectivity index (χ4v) is 19.6. The summed E-state index contributed by atoms with van der Waals surface area (Å²) in [6, 6.07) is 16.8. The van der Waals surface area contributed by atoms with Gasteiger partial charge in [-0.25, -0.2) is 0 Å². The Bertz CT molecular complexity index is 6200. The summed E-state index contributed by atoms with van der Waals surface area (Å²) in [6.45, 7) is 8.02. The van der Waals surface area contributed by atoms with E-state index in [-0.39, 0.29) is 61.6 Å². The van der Waals surface area contributed by atoms with Crippen molar-refractivity contribution in [1.82, 2.24) is 99.6 Å². The van der Waals surface area contributed by atoms with E-state index in [0.29, 0.717) is 78.6 Å². The number of hydrogen-bond acceptors (Lipinski definition) is 24. The highest BCUT2D eigenvalue weighted by Gasteiger charge is 2.42. The minimum atomic E-state index is -2.20. The topological polar surface area (TPSA) is 660 Å². The van der Waals surface area contributed by atoms with Crippen LogP contribution in [0.5, 0.6) is 11.5 Å². The molecule has 784 valence electrons. The summed E-state index contributed by atoms with van der Waals surface area (Å²) in [5.41, 5.74) is 4.60. The molecular weight excluding hydrogens is 1940 g/mol. The van der Waals surface area contributed by atoms with Crippen LogP contribution < -0.4 is 79.8 Å². The number of likely N-dealkylation sites (tertiary alicyclic amines) is 1. The van der Waals surface area contributed by atoms with Crippen molar-refractivity contribution in [3.8, 4) is 11.5 Å². The van der Waals surface area contributed by atoms with Crippen LogP contribution in [0.3, 0.4) is 0 Å². The molecule has 43 nitrogen and oxygen atoms in total. The van der Waals surface area contributed by atoms with E-state index in [1.165, 1.54) is 68.6 Å². The van der Waals surface area contributed by atoms with Crippen molar-refractivity contribution < 1.29 is 117 Å². The molecular formula is C102H125N19O24S2. The molecule has 2 aliphatic rings. The van der Waals surface area contributed by atoms with Gasteiger partial charge < -0.3 is 130 Å². The van der Waals surface area contributed by atoms with Gasteiger partial charge in [0, 0.05) is 121 Å². The summed E-state index contributed by atoms with van der Waals surface area (Å²) in [6.07, 6.45) is -1.67. The lowest BCUT2D eigenvalue weighted by molar-refractivity contribution is -0.142. The van der Waals surface area contributed by atoms with Gasteiger partial charge in [-0.3, -0.25) is 86.3 Å². The zero-order valence-electron chi connectivity index (χ0n) is 81.7. The van der Waals surface area contributed by atoms with E-state index < -0.39 is 273 Å². The average Bonchev–Trinajstić information content (AvgIpc) is 1.75. The summed E-state index contributed by atoms with van der Waals surface area (Å²) in [5, 5.41) is 105. The Hall–Kier alpha value is -15.4. The number of aliphatic hydroxyl groups excluding tert-OH is 1. The number of aliphatic hydroxyl groups is 1. The van der Waals surface area contributed by atoms with E-state index in [9.17, 15) is 73.8 Å². The second-order valence-electron chi connectivity index (χ2n) is 36.9. The van der Waals surface area contributed by atoms with E-state index in [4.69, 9.17) is 0 Å². The lowest BCUT2D eigenvalue weighted by Crippen LogP contribution is -2.62. The molecule has 147 heavy (non-hydrogen) atoms. The molecule has 24 N–H and O–H groups in total. The normalized spacial score (nSPS) is 20.0. The summed E-state index contributed by atoms with van der Waals surface area (Å²) in [5.74, 6) is -22.0. The zero-order valence-corrected chi connectivity index (χ0v) is 83.3. The van der Waals surface area contributed by atoms with E-state index >= 15 is 43.2 Å². The molecule has 2 aliphatic heterocycles. The number of hydrogen-bond donors (Lipinski definition) is 24. The largest absolute Gasteiger partial charge is 0.508 e. The molecule has 6 aromatic carbocycles. The van der Waals surface area contributed by atoms with Crippen molar-refractivity contribution >= 4 is 161 Å². The van der Waals surface area contributed by atoms with Crippen LogP contribution >= 0.6 is 21.6 Å². The standard InChI is InChI=1S/C102H125N19O24S2/c1-7-64(39-58-18-9-8-10-19-58)109-93(136)76(38-54(2)3)112-97(140)79(43-62-48-104-72-24-15-12-21-69(62)72)115-100(143)83-53-147-146-52-82(119-98(141)80(44-63-49-105-73-25-16-13-22-70(63)73)117-102(145)89(56(5)122)120-101(144)84-26-17-37-121(84)85(126)51-107-90(133)55(4)108-57(6)123)99(142)111-74(35-36-86(127)128)91(134)116-81(46-88(131)132)94(137)110-65(45-87(129)130)50-106-75(42-61-47-103-71-23-14-11-20-68(61)71)92(135)113-77(40-59-27-31-66(124)32-28-59)95(138)114-78(96(139)118-83)41-60-29-33-67(125)34-30-60/h8-16,18-25,27-34,47-49,54-56,64-65,74-84,89,103-106,122,124-125H,7,17,26,35-46,50-53H2,1-6H3,(H,107,133)(H,108,123)(H,109,136)(H,110,137)(H,111,142)(H,112,140)(H,113,135)(H,114,138)(H,115,143)(H,116,134)(H,117,145)(H,118,139)(H,119,141)(H,120,144)(H,127,128)(H,129,130)(H,131,132)/t55-,56?,64+,65-,74-,75-,76-,77-,78-,79-,80-,81-,82-,83-,84-,89-/m0/s1. The molecule has 2 saturated heterocycles. The predicted octanol–water partition coefficient (Wildman–Crippen LogP) is 1.75. The third-order valence-electron chi connectivity index (χ3n) is 25.1. The molecule has 5 heterocycles. The van der Waals surface area contributed by atoms with Gasteiger partial charge in [0.05, 0.1) is 37.6 Å². The van der Waals surface area contributed by atoms with Crippen LogP contribution in [-0.4, -0.2) is 285 Å². The maximum Gasteiger partial charge on any atom is 0.305 e. The van der Waals surface area contributed by atoms with E-state index in [0.717, 1.165) is 28.2 Å². The molecule has 15 amide bonds. The van der Waals surface area contributed by atoms with Gasteiger partial charge in [-0.2, -0.15) is 0 Å². The number of nitrogens with one attached hydrogen (secondary N) is 18. The van der Waals surface area contributed by atoms with Gasteiger partial charge in [0.1, 0.15) is 84.0 Å². The van der Waals surface area contributed by atoms with Crippen LogP contribution in [0, 0.1) is 5.92 Å². The number of phenols is 2. The molecule has 11 rings (SSSR count). The molecule has 45 heteroatoms. The van der Waals surface area contributed by atoms with Gasteiger partial charge in [-0.15, -0.1) is 0 Å². The number of H-pyrrole nitrogens is 3. The van der Waals surface area contributed by atoms with E-state index in [1.807, 2.05) is 51.1 Å². The number of carboxylic acid groups (broad SMARTS) is 3. The number of amides is 15. The fourth-order valence-electron chi connectivity index (χ4n) is 17.3. The number of benzene rings is 6. The minimum absolute atomic E-state index is 0.00780. The fraction of sp³-hybridized carbons (Fsp3) is 0.412. The van der Waals surface area contributed by atoms with Gasteiger partial charge in [0.15, 0.2) is 0 Å². The molecule has 0 radical (unpaired) electrons. The first-order valence-corrected chi connectivity index (χ1v) is 50.8. The number of aromatic amines is 3. The number of phenolic OH excluding ortho intramolecular Hbond substituents is 2. The lowest BCUT2D eigenvalue weighted by Gasteiger charge is -2.29. The summed E-state index contributed by atoms with van der Waals surface area (Å²) in [7, 11) is 1.42. The van der Waals surface area contributed by atoms with E-state index in [2.05, 4.69) is 94.7 Å². The van der Waals surface area contributed by atoms with Gasteiger partial charge in [-0.05, 0) is 141 Å². The van der Waals surface area contributed by atoms with Crippen LogP contribution in [-0.2, 0) is 125 Å². The minimum Gasteiger partial charge on any atom is -0.508 e. The first kappa shape index (κ1) is 112. The monoisotopic (exact) mass is 2060 g/mol. The number of carbonyl (C=O) groups is 18. The van der Waals surface area contributed by atoms with Crippen molar-refractivity contribution in [2.45, 2.75) is 228 Å². The highest BCUT2D eigenvalue weighted by atomic mass is 33.1. The van der Waals surface area contributed by atoms with Crippen LogP contribution in [0.1, 0.15) is 126 Å². The number of carbonyl (C=O) groups excluding carboxylic acids is 15. The number of para-hydroxylation sites is 3. The summed E-state index contributed by atoms with van der Waals surface area (Å²) < 4.78 is 0.